The van der Waals surface area contributed by atoms with Crippen molar-refractivity contribution in [3.8, 4) is 0 Å². The number of allylic oxidation sites excluding steroid dienone is 2. The highest BCUT2D eigenvalue weighted by Gasteiger charge is 2.44. The number of aliphatic hydroxyl groups excluding tert-OH is 1. The molecular formula is C17H23NO. The molecule has 1 aromatic carbocycles. The summed E-state index contributed by atoms with van der Waals surface area (Å²) >= 11 is 0. The Morgan fingerprint density at radius 3 is 2.42 bits per heavy atom. The van der Waals surface area contributed by atoms with Crippen LogP contribution in [0.5, 0.6) is 0 Å². The highest BCUT2D eigenvalue weighted by molar-refractivity contribution is 5.35. The van der Waals surface area contributed by atoms with Gasteiger partial charge in [-0.05, 0) is 49.1 Å². The number of benzene rings is 1. The number of hydrogen-bond donors (Lipinski definition) is 2. The molecule has 0 bridgehead atoms. The normalized spacial score (nSPS) is 26.1. The van der Waals surface area contributed by atoms with Crippen molar-refractivity contribution in [3.05, 3.63) is 47.5 Å². The maximum Gasteiger partial charge on any atom is 0.0646 e. The first-order valence-corrected chi connectivity index (χ1v) is 7.35. The van der Waals surface area contributed by atoms with E-state index in [4.69, 9.17) is 5.73 Å². The van der Waals surface area contributed by atoms with Gasteiger partial charge in [0.2, 0.25) is 0 Å². The molecule has 102 valence electrons. The average Bonchev–Trinajstić information content (AvgIpc) is 2.87. The molecule has 0 aromatic heterocycles. The summed E-state index contributed by atoms with van der Waals surface area (Å²) in [6, 6.07) is 8.53. The van der Waals surface area contributed by atoms with Gasteiger partial charge in [-0.2, -0.15) is 0 Å². The second-order valence-electron chi connectivity index (χ2n) is 6.18. The molecular weight excluding hydrogens is 234 g/mol. The molecule has 0 saturated carbocycles. The smallest absolute Gasteiger partial charge is 0.0646 e. The van der Waals surface area contributed by atoms with Crippen molar-refractivity contribution in [2.24, 2.45) is 17.1 Å². The Kier molecular flexibility index (Phi) is 3.46. The van der Waals surface area contributed by atoms with E-state index in [-0.39, 0.29) is 11.5 Å². The predicted octanol–water partition coefficient (Wildman–Crippen LogP) is 2.45. The Morgan fingerprint density at radius 1 is 1.21 bits per heavy atom. The van der Waals surface area contributed by atoms with Crippen LogP contribution in [0.1, 0.15) is 30.4 Å². The average molecular weight is 257 g/mol. The molecule has 2 heteroatoms. The molecule has 1 aromatic rings. The van der Waals surface area contributed by atoms with Crippen LogP contribution in [0.3, 0.4) is 0 Å². The molecule has 2 unspecified atom stereocenters. The fourth-order valence-corrected chi connectivity index (χ4v) is 3.80. The van der Waals surface area contributed by atoms with Crippen molar-refractivity contribution in [2.45, 2.75) is 38.2 Å². The van der Waals surface area contributed by atoms with E-state index >= 15 is 0 Å². The summed E-state index contributed by atoms with van der Waals surface area (Å²) in [6.07, 6.45) is 9.20. The third-order valence-electron chi connectivity index (χ3n) is 4.99. The van der Waals surface area contributed by atoms with Crippen LogP contribution >= 0.6 is 0 Å². The van der Waals surface area contributed by atoms with Crippen LogP contribution in [0, 0.1) is 11.3 Å². The van der Waals surface area contributed by atoms with E-state index in [1.165, 1.54) is 11.1 Å². The van der Waals surface area contributed by atoms with Crippen LogP contribution in [-0.4, -0.2) is 17.8 Å². The van der Waals surface area contributed by atoms with Crippen LogP contribution in [0.4, 0.5) is 0 Å². The van der Waals surface area contributed by atoms with Crippen LogP contribution in [-0.2, 0) is 12.8 Å². The molecule has 2 aliphatic rings. The third kappa shape index (κ3) is 2.24. The molecule has 0 radical (unpaired) electrons. The minimum absolute atomic E-state index is 0.139. The van der Waals surface area contributed by atoms with Crippen molar-refractivity contribution >= 4 is 0 Å². The van der Waals surface area contributed by atoms with Gasteiger partial charge < -0.3 is 10.8 Å². The van der Waals surface area contributed by atoms with Crippen LogP contribution < -0.4 is 5.73 Å². The SMILES string of the molecule is NCC1(C(O)C2CC=CCC2)Cc2ccccc2C1. The number of fused-ring (bicyclic) bond motifs is 1. The van der Waals surface area contributed by atoms with E-state index in [1.54, 1.807) is 0 Å². The van der Waals surface area contributed by atoms with Gasteiger partial charge in [-0.25, -0.2) is 0 Å². The van der Waals surface area contributed by atoms with Gasteiger partial charge in [0.1, 0.15) is 0 Å². The fraction of sp³-hybridized carbons (Fsp3) is 0.529. The Bertz CT molecular complexity index is 455. The van der Waals surface area contributed by atoms with E-state index in [9.17, 15) is 5.11 Å². The monoisotopic (exact) mass is 257 g/mol. The van der Waals surface area contributed by atoms with E-state index in [0.29, 0.717) is 12.5 Å². The standard InChI is InChI=1S/C17H23NO/c18-12-17(16(19)13-6-2-1-3-7-13)10-14-8-4-5-9-15(14)11-17/h1-2,4-5,8-9,13,16,19H,3,6-7,10-12,18H2. The van der Waals surface area contributed by atoms with Crippen molar-refractivity contribution < 1.29 is 5.11 Å². The predicted molar refractivity (Wildman–Crippen MR) is 77.8 cm³/mol. The second kappa shape index (κ2) is 5.10. The highest BCUT2D eigenvalue weighted by Crippen LogP contribution is 2.43. The lowest BCUT2D eigenvalue weighted by atomic mass is 9.71. The minimum Gasteiger partial charge on any atom is -0.392 e. The molecule has 0 heterocycles. The summed E-state index contributed by atoms with van der Waals surface area (Å²) < 4.78 is 0. The quantitative estimate of drug-likeness (QED) is 0.817. The summed E-state index contributed by atoms with van der Waals surface area (Å²) in [5.74, 6) is 0.378. The van der Waals surface area contributed by atoms with Gasteiger partial charge in [-0.1, -0.05) is 36.4 Å². The zero-order valence-corrected chi connectivity index (χ0v) is 11.4. The maximum atomic E-state index is 10.9. The van der Waals surface area contributed by atoms with Gasteiger partial charge in [0.05, 0.1) is 6.10 Å². The number of hydrogen-bond acceptors (Lipinski definition) is 2. The number of nitrogens with two attached hydrogens (primary N) is 1. The number of aliphatic hydroxyl groups is 1. The Labute approximate surface area is 115 Å². The first kappa shape index (κ1) is 12.9. The Balaban J connectivity index is 1.83. The zero-order chi connectivity index (χ0) is 13.3. The molecule has 0 fully saturated rings. The largest absolute Gasteiger partial charge is 0.392 e. The topological polar surface area (TPSA) is 46.2 Å². The first-order chi connectivity index (χ1) is 9.25. The molecule has 0 spiro atoms. The van der Waals surface area contributed by atoms with Crippen LogP contribution in [0.25, 0.3) is 0 Å². The van der Waals surface area contributed by atoms with Crippen molar-refractivity contribution in [3.63, 3.8) is 0 Å². The lowest BCUT2D eigenvalue weighted by Crippen LogP contribution is -2.46. The van der Waals surface area contributed by atoms with E-state index < -0.39 is 0 Å². The lowest BCUT2D eigenvalue weighted by molar-refractivity contribution is -0.0125. The van der Waals surface area contributed by atoms with Gasteiger partial charge in [-0.15, -0.1) is 0 Å². The van der Waals surface area contributed by atoms with Gasteiger partial charge >= 0.3 is 0 Å². The molecule has 19 heavy (non-hydrogen) atoms. The molecule has 0 amide bonds. The Hall–Kier alpha value is -1.12. The van der Waals surface area contributed by atoms with Crippen molar-refractivity contribution in [1.29, 1.82) is 0 Å². The molecule has 2 atom stereocenters. The Morgan fingerprint density at radius 2 is 1.89 bits per heavy atom. The van der Waals surface area contributed by atoms with Gasteiger partial charge in [-0.3, -0.25) is 0 Å². The van der Waals surface area contributed by atoms with E-state index in [0.717, 1.165) is 32.1 Å². The zero-order valence-electron chi connectivity index (χ0n) is 11.4. The van der Waals surface area contributed by atoms with E-state index in [1.807, 2.05) is 0 Å². The summed E-state index contributed by atoms with van der Waals surface area (Å²) in [5, 5.41) is 10.9. The summed E-state index contributed by atoms with van der Waals surface area (Å²) in [6.45, 7) is 0.572. The van der Waals surface area contributed by atoms with Gasteiger partial charge in [0.15, 0.2) is 0 Å². The van der Waals surface area contributed by atoms with Crippen molar-refractivity contribution in [2.75, 3.05) is 6.54 Å². The first-order valence-electron chi connectivity index (χ1n) is 7.35. The van der Waals surface area contributed by atoms with E-state index in [2.05, 4.69) is 36.4 Å². The van der Waals surface area contributed by atoms with Crippen LogP contribution in [0.2, 0.25) is 0 Å². The van der Waals surface area contributed by atoms with Crippen molar-refractivity contribution in [1.82, 2.24) is 0 Å². The molecule has 2 nitrogen and oxygen atoms in total. The molecule has 0 aliphatic heterocycles. The van der Waals surface area contributed by atoms with Gasteiger partial charge in [0, 0.05) is 12.0 Å². The maximum absolute atomic E-state index is 10.9. The second-order valence-corrected chi connectivity index (χ2v) is 6.18. The van der Waals surface area contributed by atoms with Crippen LogP contribution in [0.15, 0.2) is 36.4 Å². The summed E-state index contributed by atoms with van der Waals surface area (Å²) in [7, 11) is 0. The fourth-order valence-electron chi connectivity index (χ4n) is 3.80. The summed E-state index contributed by atoms with van der Waals surface area (Å²) in [5.41, 5.74) is 8.69. The number of rotatable bonds is 3. The highest BCUT2D eigenvalue weighted by atomic mass is 16.3. The molecule has 2 aliphatic carbocycles. The lowest BCUT2D eigenvalue weighted by Gasteiger charge is -2.38. The summed E-state index contributed by atoms with van der Waals surface area (Å²) in [4.78, 5) is 0. The molecule has 3 N–H and O–H groups in total. The molecule has 3 rings (SSSR count). The third-order valence-corrected chi connectivity index (χ3v) is 4.99. The van der Waals surface area contributed by atoms with Gasteiger partial charge in [0.25, 0.3) is 0 Å². The molecule has 0 saturated heterocycles. The minimum atomic E-state index is -0.283.